The average Bonchev–Trinajstić information content (AvgIpc) is 2.04. The van der Waals surface area contributed by atoms with E-state index in [1.807, 2.05) is 0 Å². The molecule has 0 atom stereocenters. The van der Waals surface area contributed by atoms with Gasteiger partial charge in [0, 0.05) is 0 Å². The fraction of sp³-hybridized carbons (Fsp3) is 0.143. The smallest absolute Gasteiger partial charge is 0.146 e. The Hall–Kier alpha value is -1.27. The monoisotopic (exact) mass is 167 g/mol. The van der Waals surface area contributed by atoms with Crippen LogP contribution in [0, 0.1) is 11.8 Å². The number of nitrogens with two attached hydrogens (primary N) is 1. The maximum absolute atomic E-state index is 5.34. The normalized spacial score (nSPS) is 8.45. The van der Waals surface area contributed by atoms with Gasteiger partial charge in [-0.3, -0.25) is 0 Å². The second-order valence-electron chi connectivity index (χ2n) is 1.78. The minimum Gasteiger partial charge on any atom is -0.382 e. The molecule has 0 saturated carbocycles. The molecule has 1 aromatic heterocycles. The highest BCUT2D eigenvalue weighted by Gasteiger charge is 1.87. The van der Waals surface area contributed by atoms with Gasteiger partial charge in [0.15, 0.2) is 0 Å². The van der Waals surface area contributed by atoms with Crippen molar-refractivity contribution in [1.82, 2.24) is 10.2 Å². The van der Waals surface area contributed by atoms with Gasteiger partial charge in [0.05, 0.1) is 5.88 Å². The fourth-order valence-electron chi connectivity index (χ4n) is 0.533. The number of hydrogen-bond acceptors (Lipinski definition) is 3. The Labute approximate surface area is 69.6 Å². The van der Waals surface area contributed by atoms with Crippen LogP contribution in [0.2, 0.25) is 0 Å². The van der Waals surface area contributed by atoms with Crippen molar-refractivity contribution in [1.29, 1.82) is 0 Å². The summed E-state index contributed by atoms with van der Waals surface area (Å²) in [5.41, 5.74) is 5.89. The highest BCUT2D eigenvalue weighted by atomic mass is 35.5. The number of alkyl halides is 1. The maximum Gasteiger partial charge on any atom is 0.146 e. The van der Waals surface area contributed by atoms with Crippen LogP contribution in [0.1, 0.15) is 5.69 Å². The van der Waals surface area contributed by atoms with E-state index in [4.69, 9.17) is 17.3 Å². The Kier molecular flexibility index (Phi) is 2.70. The second kappa shape index (κ2) is 3.79. The molecule has 56 valence electrons. The first-order chi connectivity index (χ1) is 5.33. The van der Waals surface area contributed by atoms with Gasteiger partial charge in [-0.25, -0.2) is 0 Å². The van der Waals surface area contributed by atoms with Crippen molar-refractivity contribution < 1.29 is 0 Å². The molecule has 0 fully saturated rings. The van der Waals surface area contributed by atoms with Gasteiger partial charge in [-0.1, -0.05) is 5.92 Å². The van der Waals surface area contributed by atoms with E-state index in [-0.39, 0.29) is 0 Å². The van der Waals surface area contributed by atoms with E-state index in [1.54, 1.807) is 12.1 Å². The zero-order chi connectivity index (χ0) is 8.10. The van der Waals surface area contributed by atoms with Crippen molar-refractivity contribution in [2.24, 2.45) is 0 Å². The van der Waals surface area contributed by atoms with E-state index in [0.717, 1.165) is 0 Å². The number of aromatic nitrogens is 2. The van der Waals surface area contributed by atoms with E-state index in [0.29, 0.717) is 17.4 Å². The molecule has 1 heterocycles. The van der Waals surface area contributed by atoms with Gasteiger partial charge in [-0.2, -0.15) is 0 Å². The average molecular weight is 168 g/mol. The Balaban J connectivity index is 2.82. The Morgan fingerprint density at radius 3 is 2.82 bits per heavy atom. The van der Waals surface area contributed by atoms with Gasteiger partial charge in [-0.05, 0) is 18.1 Å². The lowest BCUT2D eigenvalue weighted by molar-refractivity contribution is 1.02. The van der Waals surface area contributed by atoms with Gasteiger partial charge >= 0.3 is 0 Å². The quantitative estimate of drug-likeness (QED) is 0.456. The number of nitrogen functional groups attached to an aromatic ring is 1. The lowest BCUT2D eigenvalue weighted by Crippen LogP contribution is -1.93. The third-order valence-electron chi connectivity index (χ3n) is 0.968. The molecule has 0 aliphatic heterocycles. The van der Waals surface area contributed by atoms with E-state index in [1.165, 1.54) is 0 Å². The largest absolute Gasteiger partial charge is 0.382 e. The number of hydrogen-bond donors (Lipinski definition) is 1. The lowest BCUT2D eigenvalue weighted by atomic mass is 10.4. The molecule has 0 aromatic carbocycles. The highest BCUT2D eigenvalue weighted by molar-refractivity contribution is 6.19. The van der Waals surface area contributed by atoms with E-state index in [9.17, 15) is 0 Å². The molecule has 0 bridgehead atoms. The lowest BCUT2D eigenvalue weighted by Gasteiger charge is -1.88. The number of halogens is 1. The van der Waals surface area contributed by atoms with Gasteiger partial charge in [0.25, 0.3) is 0 Å². The molecule has 0 aliphatic rings. The van der Waals surface area contributed by atoms with E-state index >= 15 is 0 Å². The molecule has 0 unspecified atom stereocenters. The summed E-state index contributed by atoms with van der Waals surface area (Å²) in [5.74, 6) is 6.05. The molecule has 2 N–H and O–H groups in total. The molecule has 11 heavy (non-hydrogen) atoms. The van der Waals surface area contributed by atoms with Crippen LogP contribution in [0.5, 0.6) is 0 Å². The predicted octanol–water partition coefficient (Wildman–Crippen LogP) is 0.649. The molecular formula is C7H6ClN3. The fourth-order valence-corrected chi connectivity index (χ4v) is 0.600. The summed E-state index contributed by atoms with van der Waals surface area (Å²) in [6, 6.07) is 3.34. The van der Waals surface area contributed by atoms with Gasteiger partial charge in [0.2, 0.25) is 0 Å². The van der Waals surface area contributed by atoms with Crippen LogP contribution in [0.25, 0.3) is 0 Å². The third-order valence-corrected chi connectivity index (χ3v) is 1.10. The summed E-state index contributed by atoms with van der Waals surface area (Å²) in [6.45, 7) is 0. The van der Waals surface area contributed by atoms with Gasteiger partial charge in [-0.15, -0.1) is 21.8 Å². The first-order valence-corrected chi connectivity index (χ1v) is 3.50. The van der Waals surface area contributed by atoms with Crippen molar-refractivity contribution >= 4 is 17.4 Å². The number of anilines is 1. The Bertz CT molecular complexity index is 283. The molecule has 1 aromatic rings. The molecule has 0 aliphatic carbocycles. The molecule has 3 nitrogen and oxygen atoms in total. The zero-order valence-corrected chi connectivity index (χ0v) is 6.47. The predicted molar refractivity (Wildman–Crippen MR) is 44.0 cm³/mol. The molecule has 4 heteroatoms. The Morgan fingerprint density at radius 1 is 1.45 bits per heavy atom. The molecule has 0 amide bonds. The summed E-state index contributed by atoms with van der Waals surface area (Å²) in [6.07, 6.45) is 0. The summed E-state index contributed by atoms with van der Waals surface area (Å²) >= 11 is 5.34. The van der Waals surface area contributed by atoms with Crippen LogP contribution in [-0.2, 0) is 0 Å². The molecule has 0 radical (unpaired) electrons. The first-order valence-electron chi connectivity index (χ1n) is 2.97. The molecule has 0 saturated heterocycles. The highest BCUT2D eigenvalue weighted by Crippen LogP contribution is 1.94. The topological polar surface area (TPSA) is 51.8 Å². The van der Waals surface area contributed by atoms with Crippen LogP contribution in [-0.4, -0.2) is 16.1 Å². The van der Waals surface area contributed by atoms with Crippen LogP contribution in [0.4, 0.5) is 5.82 Å². The van der Waals surface area contributed by atoms with Crippen molar-refractivity contribution in [3.8, 4) is 11.8 Å². The Morgan fingerprint density at radius 2 is 2.27 bits per heavy atom. The summed E-state index contributed by atoms with van der Waals surface area (Å²) in [5, 5.41) is 7.32. The maximum atomic E-state index is 5.34. The minimum absolute atomic E-state index is 0.298. The van der Waals surface area contributed by atoms with Crippen molar-refractivity contribution in [3.05, 3.63) is 17.8 Å². The molecule has 0 spiro atoms. The zero-order valence-electron chi connectivity index (χ0n) is 5.71. The number of rotatable bonds is 0. The van der Waals surface area contributed by atoms with Crippen LogP contribution in [0.3, 0.4) is 0 Å². The minimum atomic E-state index is 0.298. The SMILES string of the molecule is Nc1ccc(C#CCCl)nn1. The third kappa shape index (κ3) is 2.44. The summed E-state index contributed by atoms with van der Waals surface area (Å²) in [4.78, 5) is 0. The van der Waals surface area contributed by atoms with Gasteiger partial charge in [0.1, 0.15) is 11.5 Å². The van der Waals surface area contributed by atoms with E-state index in [2.05, 4.69) is 22.0 Å². The van der Waals surface area contributed by atoms with Crippen LogP contribution < -0.4 is 5.73 Å². The van der Waals surface area contributed by atoms with Crippen molar-refractivity contribution in [2.75, 3.05) is 11.6 Å². The molecule has 1 rings (SSSR count). The van der Waals surface area contributed by atoms with E-state index < -0.39 is 0 Å². The molecular weight excluding hydrogens is 162 g/mol. The summed E-state index contributed by atoms with van der Waals surface area (Å²) in [7, 11) is 0. The van der Waals surface area contributed by atoms with Crippen molar-refractivity contribution in [3.63, 3.8) is 0 Å². The standard InChI is InChI=1S/C7H6ClN3/c8-5-1-2-6-3-4-7(9)11-10-6/h3-4H,5H2,(H2,9,11). The number of nitrogens with zero attached hydrogens (tertiary/aromatic N) is 2. The summed E-state index contributed by atoms with van der Waals surface area (Å²) < 4.78 is 0. The van der Waals surface area contributed by atoms with Crippen LogP contribution in [0.15, 0.2) is 12.1 Å². The van der Waals surface area contributed by atoms with Crippen molar-refractivity contribution in [2.45, 2.75) is 0 Å². The van der Waals surface area contributed by atoms with Gasteiger partial charge < -0.3 is 5.73 Å². The second-order valence-corrected chi connectivity index (χ2v) is 2.05. The first kappa shape index (κ1) is 7.83. The van der Waals surface area contributed by atoms with Crippen LogP contribution >= 0.6 is 11.6 Å².